The van der Waals surface area contributed by atoms with Gasteiger partial charge in [-0.25, -0.2) is 0 Å². The van der Waals surface area contributed by atoms with E-state index in [1.807, 2.05) is 12.1 Å². The van der Waals surface area contributed by atoms with E-state index < -0.39 is 0 Å². The molecule has 14 heavy (non-hydrogen) atoms. The maximum Gasteiger partial charge on any atom is 0.120 e. The molecule has 3 heteroatoms. The minimum absolute atomic E-state index is 0.274. The van der Waals surface area contributed by atoms with E-state index in [4.69, 9.17) is 10.8 Å². The third-order valence-corrected chi connectivity index (χ3v) is 2.72. The van der Waals surface area contributed by atoms with Gasteiger partial charge in [-0.15, -0.1) is 18.2 Å². The van der Waals surface area contributed by atoms with Crippen molar-refractivity contribution in [2.24, 2.45) is 0 Å². The summed E-state index contributed by atoms with van der Waals surface area (Å²) in [6, 6.07) is 4.16. The first-order valence-electron chi connectivity index (χ1n) is 4.62. The molecule has 0 fully saturated rings. The number of hydrogen-bond acceptors (Lipinski definition) is 3. The van der Waals surface area contributed by atoms with E-state index in [-0.39, 0.29) is 6.04 Å². The van der Waals surface area contributed by atoms with E-state index >= 15 is 0 Å². The number of thioether (sulfide) groups is 1. The molecule has 1 aromatic rings. The molecule has 0 saturated carbocycles. The normalized spacial score (nSPS) is 12.3. The molecule has 1 unspecified atom stereocenters. The summed E-state index contributed by atoms with van der Waals surface area (Å²) in [5.74, 6) is 5.40. The van der Waals surface area contributed by atoms with E-state index in [0.717, 1.165) is 23.8 Å². The molecule has 0 spiro atoms. The van der Waals surface area contributed by atoms with Gasteiger partial charge >= 0.3 is 0 Å². The van der Waals surface area contributed by atoms with Crippen molar-refractivity contribution in [3.63, 3.8) is 0 Å². The summed E-state index contributed by atoms with van der Waals surface area (Å²) in [7, 11) is 0. The van der Waals surface area contributed by atoms with Crippen molar-refractivity contribution in [1.82, 2.24) is 5.32 Å². The van der Waals surface area contributed by atoms with Gasteiger partial charge < -0.3 is 9.73 Å². The van der Waals surface area contributed by atoms with Crippen LogP contribution in [0.5, 0.6) is 0 Å². The Labute approximate surface area is 89.5 Å². The lowest BCUT2D eigenvalue weighted by atomic mass is 10.2. The minimum atomic E-state index is 0.274. The van der Waals surface area contributed by atoms with Crippen LogP contribution >= 0.6 is 11.8 Å². The predicted octanol–water partition coefficient (Wildman–Crippen LogP) is 2.30. The zero-order valence-electron chi connectivity index (χ0n) is 8.32. The standard InChI is InChI=1S/C11H15NOS/c1-3-8-14-9-6-12-10(2)11-5-4-7-13-11/h1,4-5,7,10,12H,6,8-9H2,2H3. The highest BCUT2D eigenvalue weighted by Crippen LogP contribution is 2.11. The van der Waals surface area contributed by atoms with Gasteiger partial charge in [0.2, 0.25) is 0 Å². The number of nitrogens with one attached hydrogen (secondary N) is 1. The molecule has 2 nitrogen and oxygen atoms in total. The van der Waals surface area contributed by atoms with Crippen molar-refractivity contribution in [1.29, 1.82) is 0 Å². The highest BCUT2D eigenvalue weighted by atomic mass is 32.2. The largest absolute Gasteiger partial charge is 0.468 e. The average molecular weight is 209 g/mol. The van der Waals surface area contributed by atoms with Crippen LogP contribution in [0.25, 0.3) is 0 Å². The molecule has 0 radical (unpaired) electrons. The fraction of sp³-hybridized carbons (Fsp3) is 0.455. The van der Waals surface area contributed by atoms with Gasteiger partial charge in [-0.3, -0.25) is 0 Å². The lowest BCUT2D eigenvalue weighted by Gasteiger charge is -2.10. The number of terminal acetylenes is 1. The second kappa shape index (κ2) is 6.58. The van der Waals surface area contributed by atoms with Gasteiger partial charge in [0.25, 0.3) is 0 Å². The molecule has 1 N–H and O–H groups in total. The van der Waals surface area contributed by atoms with Crippen molar-refractivity contribution in [2.75, 3.05) is 18.1 Å². The van der Waals surface area contributed by atoms with Crippen molar-refractivity contribution in [3.05, 3.63) is 24.2 Å². The first-order chi connectivity index (χ1) is 6.84. The molecule has 0 aliphatic heterocycles. The van der Waals surface area contributed by atoms with Gasteiger partial charge in [0.05, 0.1) is 18.1 Å². The summed E-state index contributed by atoms with van der Waals surface area (Å²) in [6.07, 6.45) is 6.84. The van der Waals surface area contributed by atoms with Crippen molar-refractivity contribution >= 4 is 11.8 Å². The Hall–Kier alpha value is -0.850. The Bertz CT molecular complexity index is 276. The highest BCUT2D eigenvalue weighted by Gasteiger charge is 2.05. The Balaban J connectivity index is 2.10. The van der Waals surface area contributed by atoms with Crippen LogP contribution in [0.15, 0.2) is 22.8 Å². The molecule has 1 heterocycles. The first-order valence-corrected chi connectivity index (χ1v) is 5.78. The molecule has 76 valence electrons. The molecule has 0 amide bonds. The summed E-state index contributed by atoms with van der Waals surface area (Å²) in [5.41, 5.74) is 0. The van der Waals surface area contributed by atoms with Crippen LogP contribution in [0.1, 0.15) is 18.7 Å². The van der Waals surface area contributed by atoms with Gasteiger partial charge in [0, 0.05) is 12.3 Å². The molecule has 1 rings (SSSR count). The highest BCUT2D eigenvalue weighted by molar-refractivity contribution is 7.99. The lowest BCUT2D eigenvalue weighted by Crippen LogP contribution is -2.20. The Kier molecular flexibility index (Phi) is 5.28. The number of hydrogen-bond donors (Lipinski definition) is 1. The topological polar surface area (TPSA) is 25.2 Å². The average Bonchev–Trinajstić information content (AvgIpc) is 2.70. The maximum atomic E-state index is 5.27. The van der Waals surface area contributed by atoms with E-state index in [1.165, 1.54) is 0 Å². The van der Waals surface area contributed by atoms with Crippen LogP contribution in [0.3, 0.4) is 0 Å². The lowest BCUT2D eigenvalue weighted by molar-refractivity contribution is 0.438. The number of furan rings is 1. The van der Waals surface area contributed by atoms with Gasteiger partial charge in [-0.1, -0.05) is 5.92 Å². The molecule has 0 aliphatic carbocycles. The van der Waals surface area contributed by atoms with E-state index in [0.29, 0.717) is 0 Å². The third kappa shape index (κ3) is 3.91. The monoisotopic (exact) mass is 209 g/mol. The van der Waals surface area contributed by atoms with Crippen LogP contribution in [-0.2, 0) is 0 Å². The van der Waals surface area contributed by atoms with Gasteiger partial charge in [0.1, 0.15) is 5.76 Å². The van der Waals surface area contributed by atoms with Gasteiger partial charge in [-0.05, 0) is 19.1 Å². The maximum absolute atomic E-state index is 5.27. The first kappa shape index (κ1) is 11.2. The van der Waals surface area contributed by atoms with E-state index in [2.05, 4.69) is 18.2 Å². The quantitative estimate of drug-likeness (QED) is 0.575. The molecule has 0 saturated heterocycles. The third-order valence-electron chi connectivity index (χ3n) is 1.85. The summed E-state index contributed by atoms with van der Waals surface area (Å²) < 4.78 is 5.27. The van der Waals surface area contributed by atoms with Crippen LogP contribution in [0, 0.1) is 12.3 Å². The van der Waals surface area contributed by atoms with Crippen LogP contribution < -0.4 is 5.32 Å². The zero-order chi connectivity index (χ0) is 10.2. The SMILES string of the molecule is C#CCSCCNC(C)c1ccco1. The smallest absolute Gasteiger partial charge is 0.120 e. The Morgan fingerprint density at radius 1 is 1.71 bits per heavy atom. The Morgan fingerprint density at radius 3 is 3.21 bits per heavy atom. The number of rotatable bonds is 6. The van der Waals surface area contributed by atoms with Crippen LogP contribution in [0.4, 0.5) is 0 Å². The van der Waals surface area contributed by atoms with Gasteiger partial charge in [-0.2, -0.15) is 0 Å². The van der Waals surface area contributed by atoms with E-state index in [1.54, 1.807) is 18.0 Å². The molecular weight excluding hydrogens is 194 g/mol. The fourth-order valence-electron chi connectivity index (χ4n) is 1.12. The zero-order valence-corrected chi connectivity index (χ0v) is 9.14. The molecule has 0 bridgehead atoms. The summed E-state index contributed by atoms with van der Waals surface area (Å²) in [6.45, 7) is 3.04. The second-order valence-corrected chi connectivity index (χ2v) is 4.05. The summed E-state index contributed by atoms with van der Waals surface area (Å²) in [5, 5.41) is 3.36. The fourth-order valence-corrected chi connectivity index (χ4v) is 1.64. The molecule has 1 aromatic heterocycles. The van der Waals surface area contributed by atoms with Crippen molar-refractivity contribution in [2.45, 2.75) is 13.0 Å². The second-order valence-electron chi connectivity index (χ2n) is 2.95. The van der Waals surface area contributed by atoms with Crippen LogP contribution in [-0.4, -0.2) is 18.1 Å². The summed E-state index contributed by atoms with van der Waals surface area (Å²) in [4.78, 5) is 0. The van der Waals surface area contributed by atoms with E-state index in [9.17, 15) is 0 Å². The predicted molar refractivity (Wildman–Crippen MR) is 61.3 cm³/mol. The molecule has 0 aromatic carbocycles. The molecule has 0 aliphatic rings. The van der Waals surface area contributed by atoms with Gasteiger partial charge in [0.15, 0.2) is 0 Å². The van der Waals surface area contributed by atoms with Crippen LogP contribution in [0.2, 0.25) is 0 Å². The minimum Gasteiger partial charge on any atom is -0.468 e. The summed E-state index contributed by atoms with van der Waals surface area (Å²) >= 11 is 1.76. The molecule has 1 atom stereocenters. The molecular formula is C11H15NOS. The Morgan fingerprint density at radius 2 is 2.57 bits per heavy atom. The van der Waals surface area contributed by atoms with Crippen molar-refractivity contribution in [3.8, 4) is 12.3 Å². The van der Waals surface area contributed by atoms with Crippen molar-refractivity contribution < 1.29 is 4.42 Å².